The number of thiol groups is 1. The van der Waals surface area contributed by atoms with Crippen LogP contribution in [0.2, 0.25) is 0 Å². The number of carbonyl (C=O) groups is 2. The predicted molar refractivity (Wildman–Crippen MR) is 164 cm³/mol. The number of rotatable bonds is 6. The lowest BCUT2D eigenvalue weighted by Gasteiger charge is -2.34. The summed E-state index contributed by atoms with van der Waals surface area (Å²) < 4.78 is 21.6. The van der Waals surface area contributed by atoms with E-state index in [0.717, 1.165) is 40.7 Å². The molecule has 8 nitrogen and oxygen atoms in total. The van der Waals surface area contributed by atoms with Crippen molar-refractivity contribution < 1.29 is 18.4 Å². The van der Waals surface area contributed by atoms with Gasteiger partial charge in [0.1, 0.15) is 17.2 Å². The molecule has 2 aromatic heterocycles. The molecule has 10 heteroatoms. The molecule has 0 unspecified atom stereocenters. The maximum atomic E-state index is 13.6. The molecule has 1 N–H and O–H groups in total. The van der Waals surface area contributed by atoms with Crippen LogP contribution >= 0.6 is 12.8 Å². The van der Waals surface area contributed by atoms with Gasteiger partial charge in [0.2, 0.25) is 5.91 Å². The fourth-order valence-corrected chi connectivity index (χ4v) is 5.95. The summed E-state index contributed by atoms with van der Waals surface area (Å²) in [4.78, 5) is 37.2. The monoisotopic (exact) mass is 583 g/mol. The number of furan rings is 1. The maximum Gasteiger partial charge on any atom is 0.255 e. The molecule has 0 radical (unpaired) electrons. The fourth-order valence-electron chi connectivity index (χ4n) is 5.77. The van der Waals surface area contributed by atoms with Gasteiger partial charge in [-0.25, -0.2) is 4.39 Å². The second-order valence-electron chi connectivity index (χ2n) is 10.6. The molecule has 1 aliphatic rings. The van der Waals surface area contributed by atoms with Gasteiger partial charge in [-0.3, -0.25) is 19.6 Å². The molecule has 1 fully saturated rings. The number of hydrogen-bond acceptors (Lipinski definition) is 7. The Labute approximate surface area is 248 Å². The van der Waals surface area contributed by atoms with Gasteiger partial charge in [0.15, 0.2) is 0 Å². The number of piperidine rings is 1. The van der Waals surface area contributed by atoms with E-state index in [4.69, 9.17) is 4.42 Å². The second-order valence-corrected chi connectivity index (χ2v) is 11.2. The van der Waals surface area contributed by atoms with Crippen LogP contribution in [0, 0.1) is 5.82 Å². The number of anilines is 1. The Morgan fingerprint density at radius 2 is 1.86 bits per heavy atom. The lowest BCUT2D eigenvalue weighted by Crippen LogP contribution is -2.40. The molecule has 0 saturated carbocycles. The molecule has 214 valence electrons. The molecule has 1 saturated heterocycles. The Morgan fingerprint density at radius 3 is 2.60 bits per heavy atom. The van der Waals surface area contributed by atoms with Gasteiger partial charge in [-0.2, -0.15) is 0 Å². The smallest absolute Gasteiger partial charge is 0.255 e. The van der Waals surface area contributed by atoms with Gasteiger partial charge in [-0.15, -0.1) is 0 Å². The third kappa shape index (κ3) is 5.30. The summed E-state index contributed by atoms with van der Waals surface area (Å²) in [5, 5.41) is 3.37. The highest BCUT2D eigenvalue weighted by molar-refractivity contribution is 7.81. The van der Waals surface area contributed by atoms with Crippen LogP contribution in [-0.4, -0.2) is 53.9 Å². The molecular weight excluding hydrogens is 553 g/mol. The summed E-state index contributed by atoms with van der Waals surface area (Å²) in [6, 6.07) is 15.5. The molecule has 3 heterocycles. The highest BCUT2D eigenvalue weighted by atomic mass is 32.1. The number of halogens is 1. The number of fused-ring (bicyclic) bond motifs is 2. The number of amides is 2. The van der Waals surface area contributed by atoms with Crippen molar-refractivity contribution in [1.29, 1.82) is 0 Å². The van der Waals surface area contributed by atoms with Crippen molar-refractivity contribution in [3.63, 3.8) is 0 Å². The number of benzene rings is 3. The zero-order valence-electron chi connectivity index (χ0n) is 23.3. The van der Waals surface area contributed by atoms with Crippen LogP contribution in [-0.2, 0) is 11.2 Å². The van der Waals surface area contributed by atoms with E-state index in [1.54, 1.807) is 35.9 Å². The molecule has 3 aromatic carbocycles. The van der Waals surface area contributed by atoms with Crippen molar-refractivity contribution in [3.8, 4) is 11.3 Å². The summed E-state index contributed by atoms with van der Waals surface area (Å²) in [7, 11) is 3.41. The molecule has 42 heavy (non-hydrogen) atoms. The van der Waals surface area contributed by atoms with E-state index in [1.165, 1.54) is 12.1 Å². The summed E-state index contributed by atoms with van der Waals surface area (Å²) >= 11 is 4.61. The number of likely N-dealkylation sites (tertiary alicyclic amines) is 1. The first-order valence-corrected chi connectivity index (χ1v) is 14.2. The van der Waals surface area contributed by atoms with Gasteiger partial charge in [-0.1, -0.05) is 18.9 Å². The van der Waals surface area contributed by atoms with E-state index in [1.807, 2.05) is 42.3 Å². The van der Waals surface area contributed by atoms with Gasteiger partial charge < -0.3 is 18.9 Å². The standard InChI is InChI=1S/C32H30FN5O3S/c1-34-32(40)30-24-16-23(27(37(2)42)17-28(24)41-31(30)20-6-8-22(33)9-7-20)21-4-3-13-38(18-21)29(39)15-19-5-10-25-26(14-19)36-12-11-35-25/h5-12,14,16-17,21,42H,3-4,13,15,18H2,1-2H3,(H,34,40)/t21-/m0/s1. The minimum Gasteiger partial charge on any atom is -0.455 e. The average Bonchev–Trinajstić information content (AvgIpc) is 3.39. The first-order chi connectivity index (χ1) is 20.3. The van der Waals surface area contributed by atoms with Crippen molar-refractivity contribution in [2.24, 2.45) is 0 Å². The Balaban J connectivity index is 1.34. The zero-order valence-corrected chi connectivity index (χ0v) is 24.2. The SMILES string of the molecule is CNC(=O)c1c(-c2ccc(F)cc2)oc2cc(N(C)S)c([C@H]3CCCN(C(=O)Cc4ccc5nccnc5c4)C3)cc12. The van der Waals surface area contributed by atoms with E-state index < -0.39 is 0 Å². The number of nitrogens with one attached hydrogen (secondary N) is 1. The molecule has 0 bridgehead atoms. The minimum absolute atomic E-state index is 0.0286. The zero-order chi connectivity index (χ0) is 29.4. The highest BCUT2D eigenvalue weighted by Gasteiger charge is 2.30. The molecule has 0 aliphatic carbocycles. The van der Waals surface area contributed by atoms with Crippen LogP contribution in [0.4, 0.5) is 10.1 Å². The Bertz CT molecular complexity index is 1800. The molecule has 0 spiro atoms. The maximum absolute atomic E-state index is 13.6. The Kier molecular flexibility index (Phi) is 7.55. The highest BCUT2D eigenvalue weighted by Crippen LogP contribution is 2.41. The first-order valence-electron chi connectivity index (χ1n) is 13.8. The van der Waals surface area contributed by atoms with Crippen LogP contribution in [0.5, 0.6) is 0 Å². The quantitative estimate of drug-likeness (QED) is 0.247. The number of carbonyl (C=O) groups excluding carboxylic acids is 2. The largest absolute Gasteiger partial charge is 0.455 e. The fraction of sp³-hybridized carbons (Fsp3) is 0.250. The first kappa shape index (κ1) is 27.7. The van der Waals surface area contributed by atoms with E-state index in [2.05, 4.69) is 28.1 Å². The van der Waals surface area contributed by atoms with Gasteiger partial charge in [0.25, 0.3) is 5.91 Å². The normalized spacial score (nSPS) is 15.2. The topological polar surface area (TPSA) is 91.6 Å². The molecule has 5 aromatic rings. The van der Waals surface area contributed by atoms with E-state index in [0.29, 0.717) is 40.9 Å². The third-order valence-corrected chi connectivity index (χ3v) is 8.06. The summed E-state index contributed by atoms with van der Waals surface area (Å²) in [6.07, 6.45) is 5.31. The van der Waals surface area contributed by atoms with Crippen molar-refractivity contribution in [2.75, 3.05) is 31.5 Å². The Hall–Kier alpha value is -4.44. The average molecular weight is 584 g/mol. The van der Waals surface area contributed by atoms with E-state index >= 15 is 0 Å². The number of aromatic nitrogens is 2. The molecule has 6 rings (SSSR count). The second kappa shape index (κ2) is 11.4. The summed E-state index contributed by atoms with van der Waals surface area (Å²) in [6.45, 7) is 1.23. The van der Waals surface area contributed by atoms with Crippen LogP contribution < -0.4 is 9.62 Å². The van der Waals surface area contributed by atoms with Crippen LogP contribution in [0.15, 0.2) is 71.4 Å². The third-order valence-electron chi connectivity index (χ3n) is 7.85. The van der Waals surface area contributed by atoms with Crippen molar-refractivity contribution in [3.05, 3.63) is 89.5 Å². The van der Waals surface area contributed by atoms with Crippen molar-refractivity contribution in [2.45, 2.75) is 25.2 Å². The van der Waals surface area contributed by atoms with E-state index in [-0.39, 0.29) is 30.0 Å². The van der Waals surface area contributed by atoms with Gasteiger partial charge in [0, 0.05) is 62.5 Å². The Morgan fingerprint density at radius 1 is 1.10 bits per heavy atom. The lowest BCUT2D eigenvalue weighted by molar-refractivity contribution is -0.131. The van der Waals surface area contributed by atoms with Gasteiger partial charge >= 0.3 is 0 Å². The summed E-state index contributed by atoms with van der Waals surface area (Å²) in [5.74, 6) is -0.219. The minimum atomic E-state index is -0.372. The van der Waals surface area contributed by atoms with Gasteiger partial charge in [-0.05, 0) is 66.4 Å². The number of hydrogen-bond donors (Lipinski definition) is 2. The van der Waals surface area contributed by atoms with Gasteiger partial charge in [0.05, 0.1) is 28.7 Å². The number of nitrogens with zero attached hydrogens (tertiary/aromatic N) is 4. The molecule has 1 aliphatic heterocycles. The molecule has 1 atom stereocenters. The summed E-state index contributed by atoms with van der Waals surface area (Å²) in [5.41, 5.74) is 5.78. The van der Waals surface area contributed by atoms with Crippen LogP contribution in [0.3, 0.4) is 0 Å². The van der Waals surface area contributed by atoms with Crippen LogP contribution in [0.1, 0.15) is 40.2 Å². The lowest BCUT2D eigenvalue weighted by atomic mass is 9.87. The van der Waals surface area contributed by atoms with Crippen LogP contribution in [0.25, 0.3) is 33.3 Å². The molecular formula is C32H30FN5O3S. The molecule has 2 amide bonds. The van der Waals surface area contributed by atoms with Crippen molar-refractivity contribution in [1.82, 2.24) is 20.2 Å². The van der Waals surface area contributed by atoms with E-state index in [9.17, 15) is 14.0 Å². The predicted octanol–water partition coefficient (Wildman–Crippen LogP) is 5.77. The van der Waals surface area contributed by atoms with Crippen molar-refractivity contribution >= 4 is 52.3 Å².